The first kappa shape index (κ1) is 18.9. The van der Waals surface area contributed by atoms with E-state index in [1.165, 1.54) is 0 Å². The van der Waals surface area contributed by atoms with Crippen molar-refractivity contribution >= 4 is 22.7 Å². The van der Waals surface area contributed by atoms with Crippen molar-refractivity contribution in [3.63, 3.8) is 0 Å². The van der Waals surface area contributed by atoms with Crippen LogP contribution in [0.15, 0.2) is 49.1 Å². The largest absolute Gasteiger partial charge is 0.491 e. The Morgan fingerprint density at radius 2 is 2.07 bits per heavy atom. The van der Waals surface area contributed by atoms with Gasteiger partial charge in [0, 0.05) is 26.6 Å². The van der Waals surface area contributed by atoms with Crippen molar-refractivity contribution in [2.75, 3.05) is 19.0 Å². The van der Waals surface area contributed by atoms with Gasteiger partial charge in [-0.15, -0.1) is 0 Å². The number of hydrogen-bond acceptors (Lipinski definition) is 7. The van der Waals surface area contributed by atoms with E-state index in [2.05, 4.69) is 25.5 Å². The first-order chi connectivity index (χ1) is 14.1. The molecule has 0 aliphatic heterocycles. The van der Waals surface area contributed by atoms with Gasteiger partial charge in [0.2, 0.25) is 5.95 Å². The summed E-state index contributed by atoms with van der Waals surface area (Å²) in [7, 11) is 3.53. The van der Waals surface area contributed by atoms with Crippen molar-refractivity contribution < 1.29 is 9.47 Å². The monoisotopic (exact) mass is 393 g/mol. The van der Waals surface area contributed by atoms with E-state index < -0.39 is 0 Å². The predicted octanol–water partition coefficient (Wildman–Crippen LogP) is 2.77. The second-order valence-electron chi connectivity index (χ2n) is 6.81. The maximum atomic E-state index is 5.80. The van der Waals surface area contributed by atoms with Crippen LogP contribution in [0, 0.1) is 0 Å². The van der Waals surface area contributed by atoms with Crippen LogP contribution >= 0.6 is 0 Å². The third-order valence-electron chi connectivity index (χ3n) is 4.46. The van der Waals surface area contributed by atoms with Gasteiger partial charge in [-0.2, -0.15) is 15.2 Å². The van der Waals surface area contributed by atoms with Crippen LogP contribution < -0.4 is 10.1 Å². The Morgan fingerprint density at radius 3 is 2.86 bits per heavy atom. The number of anilines is 2. The third-order valence-corrected chi connectivity index (χ3v) is 4.46. The van der Waals surface area contributed by atoms with Crippen molar-refractivity contribution in [2.45, 2.75) is 19.6 Å². The zero-order chi connectivity index (χ0) is 20.2. The molecule has 29 heavy (non-hydrogen) atoms. The second-order valence-corrected chi connectivity index (χ2v) is 6.81. The number of ether oxygens (including phenoxy) is 2. The van der Waals surface area contributed by atoms with Crippen LogP contribution in [-0.2, 0) is 18.3 Å². The number of aryl methyl sites for hydroxylation is 1. The molecule has 4 aromatic rings. The number of aromatic nitrogens is 6. The molecule has 0 saturated heterocycles. The Kier molecular flexibility index (Phi) is 5.39. The molecule has 9 heteroatoms. The van der Waals surface area contributed by atoms with E-state index >= 15 is 0 Å². The summed E-state index contributed by atoms with van der Waals surface area (Å²) in [4.78, 5) is 8.97. The Labute approximate surface area is 168 Å². The van der Waals surface area contributed by atoms with Crippen molar-refractivity contribution in [2.24, 2.45) is 7.05 Å². The minimum atomic E-state index is 0.0381. The van der Waals surface area contributed by atoms with Crippen molar-refractivity contribution in [1.82, 2.24) is 29.5 Å². The standard InChI is InChI=1S/C20H23N7O2/c1-14(28-3)13-29-18-6-4-5-15(7-18)11-27-19-16(9-23-27)8-21-20(25-19)24-17-10-22-26(2)12-17/h4-10,12,14H,11,13H2,1-3H3,(H,21,24,25). The molecule has 0 amide bonds. The summed E-state index contributed by atoms with van der Waals surface area (Å²) in [6.45, 7) is 3.04. The smallest absolute Gasteiger partial charge is 0.229 e. The summed E-state index contributed by atoms with van der Waals surface area (Å²) in [6.07, 6.45) is 7.15. The molecule has 1 aromatic carbocycles. The van der Waals surface area contributed by atoms with Gasteiger partial charge in [0.1, 0.15) is 12.4 Å². The minimum Gasteiger partial charge on any atom is -0.491 e. The topological polar surface area (TPSA) is 91.9 Å². The van der Waals surface area contributed by atoms with Crippen LogP contribution in [0.1, 0.15) is 12.5 Å². The average Bonchev–Trinajstić information content (AvgIpc) is 3.32. The van der Waals surface area contributed by atoms with Gasteiger partial charge in [-0.3, -0.25) is 4.68 Å². The lowest BCUT2D eigenvalue weighted by molar-refractivity contribution is 0.0716. The Morgan fingerprint density at radius 1 is 1.17 bits per heavy atom. The van der Waals surface area contributed by atoms with Gasteiger partial charge in [0.25, 0.3) is 0 Å². The normalized spacial score (nSPS) is 12.2. The molecular formula is C20H23N7O2. The molecule has 4 rings (SSSR count). The molecule has 0 saturated carbocycles. The molecule has 0 fully saturated rings. The second kappa shape index (κ2) is 8.27. The number of fused-ring (bicyclic) bond motifs is 1. The highest BCUT2D eigenvalue weighted by Crippen LogP contribution is 2.19. The highest BCUT2D eigenvalue weighted by Gasteiger charge is 2.09. The highest BCUT2D eigenvalue weighted by molar-refractivity contribution is 5.75. The van der Waals surface area contributed by atoms with Gasteiger partial charge >= 0.3 is 0 Å². The van der Waals surface area contributed by atoms with E-state index in [1.54, 1.807) is 30.4 Å². The predicted molar refractivity (Wildman–Crippen MR) is 109 cm³/mol. The van der Waals surface area contributed by atoms with Crippen LogP contribution in [0.25, 0.3) is 11.0 Å². The van der Waals surface area contributed by atoms with Gasteiger partial charge in [0.15, 0.2) is 5.65 Å². The molecule has 3 aromatic heterocycles. The molecule has 0 bridgehead atoms. The van der Waals surface area contributed by atoms with Gasteiger partial charge < -0.3 is 14.8 Å². The van der Waals surface area contributed by atoms with E-state index in [0.717, 1.165) is 28.0 Å². The molecule has 1 atom stereocenters. The number of methoxy groups -OCH3 is 1. The molecule has 9 nitrogen and oxygen atoms in total. The van der Waals surface area contributed by atoms with Gasteiger partial charge in [0.05, 0.1) is 36.1 Å². The summed E-state index contributed by atoms with van der Waals surface area (Å²) in [5, 5.41) is 12.6. The van der Waals surface area contributed by atoms with Gasteiger partial charge in [-0.05, 0) is 24.6 Å². The SMILES string of the molecule is COC(C)COc1cccc(Cn2ncc3cnc(Nc4cnn(C)c4)nc32)c1. The molecule has 3 heterocycles. The summed E-state index contributed by atoms with van der Waals surface area (Å²) in [5.74, 6) is 1.30. The number of nitrogens with zero attached hydrogens (tertiary/aromatic N) is 6. The highest BCUT2D eigenvalue weighted by atomic mass is 16.5. The molecule has 1 unspecified atom stereocenters. The van der Waals surface area contributed by atoms with Crippen LogP contribution in [0.2, 0.25) is 0 Å². The summed E-state index contributed by atoms with van der Waals surface area (Å²) >= 11 is 0. The van der Waals surface area contributed by atoms with Crippen molar-refractivity contribution in [3.05, 3.63) is 54.6 Å². The number of hydrogen-bond donors (Lipinski definition) is 1. The lowest BCUT2D eigenvalue weighted by atomic mass is 10.2. The van der Waals surface area contributed by atoms with E-state index in [0.29, 0.717) is 19.1 Å². The van der Waals surface area contributed by atoms with Crippen molar-refractivity contribution in [3.8, 4) is 5.75 Å². The molecule has 1 N–H and O–H groups in total. The van der Waals surface area contributed by atoms with Gasteiger partial charge in [-0.25, -0.2) is 9.67 Å². The molecular weight excluding hydrogens is 370 g/mol. The first-order valence-electron chi connectivity index (χ1n) is 9.29. The zero-order valence-corrected chi connectivity index (χ0v) is 16.6. The lowest BCUT2D eigenvalue weighted by Gasteiger charge is -2.12. The van der Waals surface area contributed by atoms with E-state index in [9.17, 15) is 0 Å². The number of rotatable bonds is 8. The summed E-state index contributed by atoms with van der Waals surface area (Å²) < 4.78 is 14.6. The fourth-order valence-electron chi connectivity index (χ4n) is 2.85. The molecule has 150 valence electrons. The Hall–Kier alpha value is -3.46. The van der Waals surface area contributed by atoms with Crippen LogP contribution in [0.5, 0.6) is 5.75 Å². The van der Waals surface area contributed by atoms with E-state index in [4.69, 9.17) is 9.47 Å². The maximum absolute atomic E-state index is 5.80. The summed E-state index contributed by atoms with van der Waals surface area (Å²) in [5.41, 5.74) is 2.65. The summed E-state index contributed by atoms with van der Waals surface area (Å²) in [6, 6.07) is 7.95. The Balaban J connectivity index is 1.52. The Bertz CT molecular complexity index is 1110. The molecule has 0 spiro atoms. The minimum absolute atomic E-state index is 0.0381. The van der Waals surface area contributed by atoms with Crippen LogP contribution in [-0.4, -0.2) is 49.3 Å². The average molecular weight is 393 g/mol. The third kappa shape index (κ3) is 4.52. The number of benzene rings is 1. The zero-order valence-electron chi connectivity index (χ0n) is 16.6. The maximum Gasteiger partial charge on any atom is 0.229 e. The number of nitrogens with one attached hydrogen (secondary N) is 1. The van der Waals surface area contributed by atoms with Crippen LogP contribution in [0.4, 0.5) is 11.6 Å². The quantitative estimate of drug-likeness (QED) is 0.492. The molecule has 0 aliphatic rings. The fraction of sp³-hybridized carbons (Fsp3) is 0.300. The fourth-order valence-corrected chi connectivity index (χ4v) is 2.85. The van der Waals surface area contributed by atoms with E-state index in [-0.39, 0.29) is 6.10 Å². The van der Waals surface area contributed by atoms with Crippen LogP contribution in [0.3, 0.4) is 0 Å². The lowest BCUT2D eigenvalue weighted by Crippen LogP contribution is -2.16. The van der Waals surface area contributed by atoms with Crippen molar-refractivity contribution in [1.29, 1.82) is 0 Å². The molecule has 0 radical (unpaired) electrons. The van der Waals surface area contributed by atoms with Gasteiger partial charge in [-0.1, -0.05) is 12.1 Å². The first-order valence-corrected chi connectivity index (χ1v) is 9.29. The molecule has 0 aliphatic carbocycles. The van der Waals surface area contributed by atoms with E-state index in [1.807, 2.05) is 49.1 Å².